The second kappa shape index (κ2) is 5.55. The normalized spacial score (nSPS) is 15.3. The number of aromatic nitrogens is 3. The molecule has 21 heavy (non-hydrogen) atoms. The highest BCUT2D eigenvalue weighted by atomic mass is 32.2. The molecule has 1 fully saturated rings. The van der Waals surface area contributed by atoms with Gasteiger partial charge in [-0.25, -0.2) is 23.1 Å². The van der Waals surface area contributed by atoms with Crippen LogP contribution in [-0.4, -0.2) is 28.1 Å². The van der Waals surface area contributed by atoms with Gasteiger partial charge in [-0.1, -0.05) is 0 Å². The van der Waals surface area contributed by atoms with E-state index in [1.165, 1.54) is 12.4 Å². The van der Waals surface area contributed by atoms with Gasteiger partial charge in [0.05, 0.1) is 23.7 Å². The summed E-state index contributed by atoms with van der Waals surface area (Å²) in [4.78, 5) is 7.92. The Kier molecular flexibility index (Phi) is 3.75. The Hall–Kier alpha value is -1.77. The third-order valence-electron chi connectivity index (χ3n) is 3.41. The first kappa shape index (κ1) is 14.2. The highest BCUT2D eigenvalue weighted by molar-refractivity contribution is 7.89. The van der Waals surface area contributed by atoms with Crippen LogP contribution in [-0.2, 0) is 23.2 Å². The molecule has 0 spiro atoms. The van der Waals surface area contributed by atoms with E-state index >= 15 is 0 Å². The maximum absolute atomic E-state index is 12.3. The van der Waals surface area contributed by atoms with E-state index < -0.39 is 10.0 Å². The summed E-state index contributed by atoms with van der Waals surface area (Å²) in [6.07, 6.45) is 6.57. The third kappa shape index (κ3) is 3.12. The summed E-state index contributed by atoms with van der Waals surface area (Å²) < 4.78 is 28.9. The van der Waals surface area contributed by atoms with Crippen LogP contribution >= 0.6 is 0 Å². The number of hydrogen-bond acceptors (Lipinski definition) is 5. The predicted octanol–water partition coefficient (Wildman–Crippen LogP) is 0.584. The van der Waals surface area contributed by atoms with Crippen molar-refractivity contribution in [2.45, 2.75) is 36.9 Å². The second-order valence-corrected chi connectivity index (χ2v) is 6.76. The van der Waals surface area contributed by atoms with Crippen LogP contribution in [0.4, 0.5) is 0 Å². The lowest BCUT2D eigenvalue weighted by Gasteiger charge is -2.04. The van der Waals surface area contributed by atoms with E-state index in [4.69, 9.17) is 0 Å². The van der Waals surface area contributed by atoms with E-state index in [2.05, 4.69) is 14.7 Å². The van der Waals surface area contributed by atoms with Gasteiger partial charge in [0.25, 0.3) is 0 Å². The average Bonchev–Trinajstić information content (AvgIpc) is 3.24. The standard InChI is InChI=1S/C13H16N4O3S/c18-8-12-5-13(7-17(12)11-1-2-11)21(19,20)16-6-10-3-4-14-9-15-10/h3-5,7,9,11,16,18H,1-2,6,8H2. The molecule has 3 rings (SSSR count). The Balaban J connectivity index is 1.78. The fraction of sp³-hybridized carbons (Fsp3) is 0.385. The van der Waals surface area contributed by atoms with Crippen molar-refractivity contribution in [1.82, 2.24) is 19.3 Å². The maximum Gasteiger partial charge on any atom is 0.242 e. The zero-order chi connectivity index (χ0) is 14.9. The highest BCUT2D eigenvalue weighted by Gasteiger charge is 2.28. The molecule has 1 aliphatic rings. The maximum atomic E-state index is 12.3. The van der Waals surface area contributed by atoms with Crippen LogP contribution in [0.1, 0.15) is 30.3 Å². The van der Waals surface area contributed by atoms with Crippen LogP contribution in [0.25, 0.3) is 0 Å². The molecule has 0 unspecified atom stereocenters. The van der Waals surface area contributed by atoms with E-state index in [1.807, 2.05) is 4.57 Å². The lowest BCUT2D eigenvalue weighted by atomic mass is 10.4. The molecule has 2 N–H and O–H groups in total. The molecule has 2 heterocycles. The SMILES string of the molecule is O=S(=O)(NCc1ccncn1)c1cc(CO)n(C2CC2)c1. The second-order valence-electron chi connectivity index (χ2n) is 4.99. The molecular formula is C13H16N4O3S. The summed E-state index contributed by atoms with van der Waals surface area (Å²) in [6, 6.07) is 3.48. The molecular weight excluding hydrogens is 292 g/mol. The predicted molar refractivity (Wildman–Crippen MR) is 74.7 cm³/mol. The molecule has 0 saturated heterocycles. The van der Waals surface area contributed by atoms with Gasteiger partial charge in [0.2, 0.25) is 10.0 Å². The Morgan fingerprint density at radius 3 is 2.86 bits per heavy atom. The van der Waals surface area contributed by atoms with Gasteiger partial charge in [0.1, 0.15) is 6.33 Å². The van der Waals surface area contributed by atoms with Crippen molar-refractivity contribution in [2.75, 3.05) is 0 Å². The van der Waals surface area contributed by atoms with Crippen LogP contribution in [0, 0.1) is 0 Å². The van der Waals surface area contributed by atoms with Gasteiger partial charge in [-0.05, 0) is 25.0 Å². The summed E-state index contributed by atoms with van der Waals surface area (Å²) in [5, 5.41) is 9.33. The quantitative estimate of drug-likeness (QED) is 0.814. The van der Waals surface area contributed by atoms with Crippen molar-refractivity contribution in [3.05, 3.63) is 42.2 Å². The minimum absolute atomic E-state index is 0.105. The zero-order valence-corrected chi connectivity index (χ0v) is 12.1. The number of sulfonamides is 1. The van der Waals surface area contributed by atoms with E-state index in [1.54, 1.807) is 18.5 Å². The molecule has 0 amide bonds. The number of nitrogens with zero attached hydrogens (tertiary/aromatic N) is 3. The summed E-state index contributed by atoms with van der Waals surface area (Å²) in [6.45, 7) is -0.0636. The van der Waals surface area contributed by atoms with E-state index in [9.17, 15) is 13.5 Å². The molecule has 8 heteroatoms. The first-order valence-corrected chi connectivity index (χ1v) is 8.14. The monoisotopic (exact) mass is 308 g/mol. The molecule has 112 valence electrons. The Bertz CT molecular complexity index is 723. The highest BCUT2D eigenvalue weighted by Crippen LogP contribution is 2.37. The molecule has 0 radical (unpaired) electrons. The lowest BCUT2D eigenvalue weighted by molar-refractivity contribution is 0.270. The Labute approximate surface area is 122 Å². The topological polar surface area (TPSA) is 97.1 Å². The fourth-order valence-corrected chi connectivity index (χ4v) is 3.19. The smallest absolute Gasteiger partial charge is 0.242 e. The van der Waals surface area contributed by atoms with Crippen molar-refractivity contribution < 1.29 is 13.5 Å². The number of aliphatic hydroxyl groups is 1. The molecule has 0 aliphatic heterocycles. The van der Waals surface area contributed by atoms with Crippen LogP contribution < -0.4 is 4.72 Å². The fourth-order valence-electron chi connectivity index (χ4n) is 2.14. The van der Waals surface area contributed by atoms with E-state index in [0.717, 1.165) is 12.8 Å². The molecule has 1 aliphatic carbocycles. The van der Waals surface area contributed by atoms with Crippen molar-refractivity contribution >= 4 is 10.0 Å². The lowest BCUT2D eigenvalue weighted by Crippen LogP contribution is -2.23. The van der Waals surface area contributed by atoms with Crippen molar-refractivity contribution in [2.24, 2.45) is 0 Å². The largest absolute Gasteiger partial charge is 0.390 e. The molecule has 2 aromatic heterocycles. The van der Waals surface area contributed by atoms with Crippen molar-refractivity contribution in [3.8, 4) is 0 Å². The molecule has 0 aromatic carbocycles. The van der Waals surface area contributed by atoms with Crippen molar-refractivity contribution in [1.29, 1.82) is 0 Å². The first-order valence-electron chi connectivity index (χ1n) is 6.66. The molecule has 2 aromatic rings. The number of hydrogen-bond donors (Lipinski definition) is 2. The Morgan fingerprint density at radius 1 is 1.43 bits per heavy atom. The number of nitrogens with one attached hydrogen (secondary N) is 1. The van der Waals surface area contributed by atoms with Gasteiger partial charge in [-0.2, -0.15) is 0 Å². The first-order chi connectivity index (χ1) is 10.1. The van der Waals surface area contributed by atoms with Gasteiger partial charge < -0.3 is 9.67 Å². The average molecular weight is 308 g/mol. The Morgan fingerprint density at radius 2 is 2.24 bits per heavy atom. The van der Waals surface area contributed by atoms with E-state index in [-0.39, 0.29) is 18.0 Å². The molecule has 0 atom stereocenters. The van der Waals surface area contributed by atoms with Crippen LogP contribution in [0.2, 0.25) is 0 Å². The summed E-state index contributed by atoms with van der Waals surface area (Å²) in [7, 11) is -3.62. The zero-order valence-electron chi connectivity index (χ0n) is 11.3. The molecule has 1 saturated carbocycles. The van der Waals surface area contributed by atoms with E-state index in [0.29, 0.717) is 17.4 Å². The minimum atomic E-state index is -3.62. The van der Waals surface area contributed by atoms with Crippen molar-refractivity contribution in [3.63, 3.8) is 0 Å². The minimum Gasteiger partial charge on any atom is -0.390 e. The van der Waals surface area contributed by atoms with Gasteiger partial charge in [-0.3, -0.25) is 0 Å². The molecule has 7 nitrogen and oxygen atoms in total. The summed E-state index contributed by atoms with van der Waals surface area (Å²) in [5.74, 6) is 0. The third-order valence-corrected chi connectivity index (χ3v) is 4.77. The summed E-state index contributed by atoms with van der Waals surface area (Å²) >= 11 is 0. The van der Waals surface area contributed by atoms with Crippen LogP contribution in [0.15, 0.2) is 35.7 Å². The number of rotatable bonds is 6. The summed E-state index contributed by atoms with van der Waals surface area (Å²) in [5.41, 5.74) is 1.22. The van der Waals surface area contributed by atoms with Crippen LogP contribution in [0.5, 0.6) is 0 Å². The van der Waals surface area contributed by atoms with Crippen LogP contribution in [0.3, 0.4) is 0 Å². The molecule has 0 bridgehead atoms. The van der Waals surface area contributed by atoms with Gasteiger partial charge in [0, 0.05) is 24.1 Å². The van der Waals surface area contributed by atoms with Gasteiger partial charge in [-0.15, -0.1) is 0 Å². The van der Waals surface area contributed by atoms with Gasteiger partial charge in [0.15, 0.2) is 0 Å². The van der Waals surface area contributed by atoms with Gasteiger partial charge >= 0.3 is 0 Å². The number of aliphatic hydroxyl groups excluding tert-OH is 1.